The molecule has 2 rings (SSSR count). The van der Waals surface area contributed by atoms with E-state index in [2.05, 4.69) is 10.3 Å². The van der Waals surface area contributed by atoms with Crippen LogP contribution in [-0.2, 0) is 20.0 Å². The number of hydrogen-bond acceptors (Lipinski definition) is 3. The Kier molecular flexibility index (Phi) is 4.82. The maximum atomic E-state index is 5.99. The molecule has 0 aliphatic rings. The van der Waals surface area contributed by atoms with Crippen molar-refractivity contribution in [3.05, 3.63) is 47.0 Å². The number of benzene rings is 1. The van der Waals surface area contributed by atoms with Crippen molar-refractivity contribution >= 4 is 11.6 Å². The van der Waals surface area contributed by atoms with E-state index in [1.54, 1.807) is 7.11 Å². The van der Waals surface area contributed by atoms with Crippen LogP contribution in [-0.4, -0.2) is 23.2 Å². The van der Waals surface area contributed by atoms with Crippen molar-refractivity contribution in [2.45, 2.75) is 13.0 Å². The maximum Gasteiger partial charge on any atom is 0.123 e. The minimum Gasteiger partial charge on any atom is -0.496 e. The molecule has 0 atom stereocenters. The highest BCUT2D eigenvalue weighted by Gasteiger charge is 2.04. The zero-order valence-corrected chi connectivity index (χ0v) is 11.9. The van der Waals surface area contributed by atoms with Gasteiger partial charge in [0, 0.05) is 49.5 Å². The second-order valence-corrected chi connectivity index (χ2v) is 4.77. The molecule has 0 aliphatic heterocycles. The van der Waals surface area contributed by atoms with Gasteiger partial charge in [-0.2, -0.15) is 0 Å². The molecule has 0 radical (unpaired) electrons. The summed E-state index contributed by atoms with van der Waals surface area (Å²) in [4.78, 5) is 4.29. The quantitative estimate of drug-likeness (QED) is 0.826. The van der Waals surface area contributed by atoms with Crippen LogP contribution in [0.2, 0.25) is 5.02 Å². The lowest BCUT2D eigenvalue weighted by Crippen LogP contribution is -2.18. The Bertz CT molecular complexity index is 539. The highest BCUT2D eigenvalue weighted by atomic mass is 35.5. The number of rotatable bonds is 6. The van der Waals surface area contributed by atoms with Gasteiger partial charge in [0.15, 0.2) is 0 Å². The number of aryl methyl sites for hydroxylation is 1. The van der Waals surface area contributed by atoms with Crippen molar-refractivity contribution in [2.75, 3.05) is 13.7 Å². The Morgan fingerprint density at radius 3 is 2.95 bits per heavy atom. The average Bonchev–Trinajstić information content (AvgIpc) is 2.80. The SMILES string of the molecule is COc1ccc(Cl)cc1CNCCc1nccn1C. The maximum absolute atomic E-state index is 5.99. The van der Waals surface area contributed by atoms with Gasteiger partial charge in [-0.05, 0) is 18.2 Å². The highest BCUT2D eigenvalue weighted by Crippen LogP contribution is 2.22. The molecule has 1 heterocycles. The molecule has 0 aliphatic carbocycles. The van der Waals surface area contributed by atoms with Gasteiger partial charge in [0.2, 0.25) is 0 Å². The second kappa shape index (κ2) is 6.59. The van der Waals surface area contributed by atoms with E-state index in [1.807, 2.05) is 42.2 Å². The largest absolute Gasteiger partial charge is 0.496 e. The van der Waals surface area contributed by atoms with Crippen molar-refractivity contribution in [3.8, 4) is 5.75 Å². The topological polar surface area (TPSA) is 39.1 Å². The summed E-state index contributed by atoms with van der Waals surface area (Å²) >= 11 is 5.99. The van der Waals surface area contributed by atoms with Crippen molar-refractivity contribution in [1.82, 2.24) is 14.9 Å². The van der Waals surface area contributed by atoms with E-state index in [9.17, 15) is 0 Å². The number of imidazole rings is 1. The van der Waals surface area contributed by atoms with Crippen molar-refractivity contribution in [3.63, 3.8) is 0 Å². The van der Waals surface area contributed by atoms with Crippen LogP contribution in [0.3, 0.4) is 0 Å². The molecule has 1 N–H and O–H groups in total. The third-order valence-corrected chi connectivity index (χ3v) is 3.24. The number of aromatic nitrogens is 2. The summed E-state index contributed by atoms with van der Waals surface area (Å²) < 4.78 is 7.34. The summed E-state index contributed by atoms with van der Waals surface area (Å²) in [6.07, 6.45) is 4.66. The van der Waals surface area contributed by atoms with Gasteiger partial charge >= 0.3 is 0 Å². The molecular weight excluding hydrogens is 262 g/mol. The standard InChI is InChI=1S/C14H18ClN3O/c1-18-8-7-17-14(18)5-6-16-10-11-9-12(15)3-4-13(11)19-2/h3-4,7-9,16H,5-6,10H2,1-2H3. The van der Waals surface area contributed by atoms with Crippen LogP contribution in [0.5, 0.6) is 5.75 Å². The Labute approximate surface area is 118 Å². The van der Waals surface area contributed by atoms with Gasteiger partial charge in [-0.15, -0.1) is 0 Å². The summed E-state index contributed by atoms with van der Waals surface area (Å²) in [5, 5.41) is 4.10. The van der Waals surface area contributed by atoms with Gasteiger partial charge in [0.1, 0.15) is 11.6 Å². The molecule has 102 valence electrons. The van der Waals surface area contributed by atoms with Crippen LogP contribution in [0.25, 0.3) is 0 Å². The molecule has 2 aromatic rings. The molecule has 5 heteroatoms. The molecular formula is C14H18ClN3O. The van der Waals surface area contributed by atoms with Crippen LogP contribution in [0, 0.1) is 0 Å². The van der Waals surface area contributed by atoms with Gasteiger partial charge in [-0.1, -0.05) is 11.6 Å². The number of nitrogens with zero attached hydrogens (tertiary/aromatic N) is 2. The number of methoxy groups -OCH3 is 1. The number of hydrogen-bond donors (Lipinski definition) is 1. The summed E-state index contributed by atoms with van der Waals surface area (Å²) in [5.74, 6) is 1.93. The normalized spacial score (nSPS) is 10.7. The molecule has 0 fully saturated rings. The molecule has 0 bridgehead atoms. The molecule has 0 saturated carbocycles. The number of ether oxygens (including phenoxy) is 1. The fourth-order valence-corrected chi connectivity index (χ4v) is 2.14. The fraction of sp³-hybridized carbons (Fsp3) is 0.357. The van der Waals surface area contributed by atoms with Crippen LogP contribution < -0.4 is 10.1 Å². The first-order valence-electron chi connectivity index (χ1n) is 6.20. The van der Waals surface area contributed by atoms with Crippen molar-refractivity contribution < 1.29 is 4.74 Å². The molecule has 0 saturated heterocycles. The monoisotopic (exact) mass is 279 g/mol. The first kappa shape index (κ1) is 13.9. The van der Waals surface area contributed by atoms with E-state index in [-0.39, 0.29) is 0 Å². The lowest BCUT2D eigenvalue weighted by molar-refractivity contribution is 0.407. The smallest absolute Gasteiger partial charge is 0.123 e. The zero-order valence-electron chi connectivity index (χ0n) is 11.2. The van der Waals surface area contributed by atoms with Gasteiger partial charge in [-0.25, -0.2) is 4.98 Å². The van der Waals surface area contributed by atoms with Gasteiger partial charge in [0.25, 0.3) is 0 Å². The van der Waals surface area contributed by atoms with E-state index < -0.39 is 0 Å². The average molecular weight is 280 g/mol. The van der Waals surface area contributed by atoms with E-state index >= 15 is 0 Å². The predicted molar refractivity (Wildman–Crippen MR) is 76.6 cm³/mol. The van der Waals surface area contributed by atoms with Crippen LogP contribution >= 0.6 is 11.6 Å². The molecule has 1 aromatic carbocycles. The molecule has 0 amide bonds. The van der Waals surface area contributed by atoms with Gasteiger partial charge < -0.3 is 14.6 Å². The van der Waals surface area contributed by atoms with Gasteiger partial charge in [0.05, 0.1) is 7.11 Å². The van der Waals surface area contributed by atoms with E-state index in [0.29, 0.717) is 0 Å². The minimum atomic E-state index is 0.724. The Morgan fingerprint density at radius 2 is 2.26 bits per heavy atom. The highest BCUT2D eigenvalue weighted by molar-refractivity contribution is 6.30. The summed E-state index contributed by atoms with van der Waals surface area (Å²) in [6.45, 7) is 1.59. The molecule has 0 unspecified atom stereocenters. The Balaban J connectivity index is 1.86. The van der Waals surface area contributed by atoms with Crippen molar-refractivity contribution in [2.24, 2.45) is 7.05 Å². The van der Waals surface area contributed by atoms with Gasteiger partial charge in [-0.3, -0.25) is 0 Å². The van der Waals surface area contributed by atoms with Crippen molar-refractivity contribution in [1.29, 1.82) is 0 Å². The summed E-state index contributed by atoms with van der Waals surface area (Å²) in [6, 6.07) is 5.64. The summed E-state index contributed by atoms with van der Waals surface area (Å²) in [7, 11) is 3.67. The zero-order chi connectivity index (χ0) is 13.7. The fourth-order valence-electron chi connectivity index (χ4n) is 1.95. The van der Waals surface area contributed by atoms with Crippen LogP contribution in [0.15, 0.2) is 30.6 Å². The summed E-state index contributed by atoms with van der Waals surface area (Å²) in [5.41, 5.74) is 1.06. The molecule has 1 aromatic heterocycles. The third-order valence-electron chi connectivity index (χ3n) is 3.00. The van der Waals surface area contributed by atoms with E-state index in [4.69, 9.17) is 16.3 Å². The molecule has 19 heavy (non-hydrogen) atoms. The van der Waals surface area contributed by atoms with E-state index in [1.165, 1.54) is 0 Å². The van der Waals surface area contributed by atoms with Crippen LogP contribution in [0.1, 0.15) is 11.4 Å². The predicted octanol–water partition coefficient (Wildman–Crippen LogP) is 2.41. The Morgan fingerprint density at radius 1 is 1.42 bits per heavy atom. The minimum absolute atomic E-state index is 0.724. The Hall–Kier alpha value is -1.52. The first-order valence-corrected chi connectivity index (χ1v) is 6.58. The van der Waals surface area contributed by atoms with Crippen LogP contribution in [0.4, 0.5) is 0 Å². The lowest BCUT2D eigenvalue weighted by Gasteiger charge is -2.10. The lowest BCUT2D eigenvalue weighted by atomic mass is 10.2. The third kappa shape index (κ3) is 3.72. The number of halogens is 1. The molecule has 4 nitrogen and oxygen atoms in total. The number of nitrogens with one attached hydrogen (secondary N) is 1. The second-order valence-electron chi connectivity index (χ2n) is 4.34. The molecule has 0 spiro atoms. The first-order chi connectivity index (χ1) is 9.20. The van der Waals surface area contributed by atoms with E-state index in [0.717, 1.165) is 41.7 Å².